The average molecular weight is 131 g/mol. The molecule has 1 nitrogen and oxygen atoms in total. The molecular formula is C9H9N. The van der Waals surface area contributed by atoms with Crippen molar-refractivity contribution in [3.63, 3.8) is 0 Å². The number of pyridine rings is 1. The van der Waals surface area contributed by atoms with Gasteiger partial charge in [-0.15, -0.1) is 6.42 Å². The molecule has 1 heteroatoms. The summed E-state index contributed by atoms with van der Waals surface area (Å²) in [5, 5.41) is 0. The maximum Gasteiger partial charge on any atom is 0.0594 e. The maximum atomic E-state index is 5.21. The van der Waals surface area contributed by atoms with Gasteiger partial charge in [0.15, 0.2) is 0 Å². The molecule has 0 radical (unpaired) electrons. The van der Waals surface area contributed by atoms with Crippen LogP contribution in [0.5, 0.6) is 0 Å². The zero-order valence-corrected chi connectivity index (χ0v) is 5.91. The van der Waals surface area contributed by atoms with E-state index in [0.717, 1.165) is 5.69 Å². The Morgan fingerprint density at radius 2 is 2.40 bits per heavy atom. The quantitative estimate of drug-likeness (QED) is 0.530. The number of terminal acetylenes is 1. The van der Waals surface area contributed by atoms with E-state index >= 15 is 0 Å². The molecule has 0 aliphatic heterocycles. The minimum atomic E-state index is 0.126. The van der Waals surface area contributed by atoms with Crippen LogP contribution in [-0.2, 0) is 0 Å². The highest BCUT2D eigenvalue weighted by Gasteiger charge is 1.98. The predicted molar refractivity (Wildman–Crippen MR) is 41.5 cm³/mol. The van der Waals surface area contributed by atoms with E-state index in [4.69, 9.17) is 6.42 Å². The van der Waals surface area contributed by atoms with E-state index in [1.807, 2.05) is 25.1 Å². The van der Waals surface area contributed by atoms with Crippen LogP contribution >= 0.6 is 0 Å². The molecule has 0 bridgehead atoms. The zero-order chi connectivity index (χ0) is 7.40. The standard InChI is InChI=1S/C9H9N/c1-3-8(2)9-6-4-5-7-10-9/h1,4-8H,2H3/t8-/m1/s1. The summed E-state index contributed by atoms with van der Waals surface area (Å²) in [6.07, 6.45) is 6.97. The van der Waals surface area contributed by atoms with Gasteiger partial charge in [-0.25, -0.2) is 0 Å². The Balaban J connectivity index is 2.88. The molecule has 10 heavy (non-hydrogen) atoms. The van der Waals surface area contributed by atoms with Crippen LogP contribution < -0.4 is 0 Å². The number of nitrogens with zero attached hydrogens (tertiary/aromatic N) is 1. The molecule has 50 valence electrons. The topological polar surface area (TPSA) is 12.9 Å². The Hall–Kier alpha value is -1.29. The second-order valence-corrected chi connectivity index (χ2v) is 2.14. The number of hydrogen-bond acceptors (Lipinski definition) is 1. The summed E-state index contributed by atoms with van der Waals surface area (Å²) in [6, 6.07) is 5.76. The molecule has 0 N–H and O–H groups in total. The number of hydrogen-bond donors (Lipinski definition) is 0. The first-order valence-corrected chi connectivity index (χ1v) is 3.21. The van der Waals surface area contributed by atoms with Gasteiger partial charge in [0.25, 0.3) is 0 Å². The van der Waals surface area contributed by atoms with E-state index in [9.17, 15) is 0 Å². The maximum absolute atomic E-state index is 5.21. The normalized spacial score (nSPS) is 12.0. The molecule has 0 saturated carbocycles. The Labute approximate surface area is 61.1 Å². The van der Waals surface area contributed by atoms with Crippen molar-refractivity contribution < 1.29 is 0 Å². The minimum Gasteiger partial charge on any atom is -0.260 e. The molecule has 0 aliphatic rings. The van der Waals surface area contributed by atoms with E-state index in [0.29, 0.717) is 0 Å². The highest BCUT2D eigenvalue weighted by molar-refractivity contribution is 5.17. The molecule has 1 heterocycles. The smallest absolute Gasteiger partial charge is 0.0594 e. The summed E-state index contributed by atoms with van der Waals surface area (Å²) in [4.78, 5) is 4.11. The third-order valence-electron chi connectivity index (χ3n) is 1.38. The van der Waals surface area contributed by atoms with Crippen LogP contribution in [0.25, 0.3) is 0 Å². The van der Waals surface area contributed by atoms with Crippen molar-refractivity contribution >= 4 is 0 Å². The number of rotatable bonds is 1. The summed E-state index contributed by atoms with van der Waals surface area (Å²) in [5.74, 6) is 2.74. The summed E-state index contributed by atoms with van der Waals surface area (Å²) in [6.45, 7) is 1.96. The third kappa shape index (κ3) is 1.35. The zero-order valence-electron chi connectivity index (χ0n) is 5.91. The fourth-order valence-corrected chi connectivity index (χ4v) is 0.717. The van der Waals surface area contributed by atoms with Gasteiger partial charge in [-0.1, -0.05) is 12.0 Å². The predicted octanol–water partition coefficient (Wildman–Crippen LogP) is 1.82. The van der Waals surface area contributed by atoms with Crippen molar-refractivity contribution in [2.24, 2.45) is 0 Å². The minimum absolute atomic E-state index is 0.126. The Morgan fingerprint density at radius 3 is 2.90 bits per heavy atom. The Bertz CT molecular complexity index is 233. The SMILES string of the molecule is C#C[C@@H](C)c1ccccn1. The molecule has 1 aromatic rings. The molecule has 0 aliphatic carbocycles. The Kier molecular flexibility index (Phi) is 2.07. The highest BCUT2D eigenvalue weighted by Crippen LogP contribution is 2.08. The second-order valence-electron chi connectivity index (χ2n) is 2.14. The second kappa shape index (κ2) is 3.03. The van der Waals surface area contributed by atoms with Gasteiger partial charge in [-0.2, -0.15) is 0 Å². The first-order valence-electron chi connectivity index (χ1n) is 3.21. The van der Waals surface area contributed by atoms with E-state index < -0.39 is 0 Å². The summed E-state index contributed by atoms with van der Waals surface area (Å²) < 4.78 is 0. The van der Waals surface area contributed by atoms with E-state index in [1.54, 1.807) is 6.20 Å². The lowest BCUT2D eigenvalue weighted by atomic mass is 10.1. The largest absolute Gasteiger partial charge is 0.260 e. The lowest BCUT2D eigenvalue weighted by Crippen LogP contribution is -1.91. The number of aromatic nitrogens is 1. The van der Waals surface area contributed by atoms with Crippen LogP contribution in [0, 0.1) is 12.3 Å². The van der Waals surface area contributed by atoms with Crippen molar-refractivity contribution in [1.82, 2.24) is 4.98 Å². The first kappa shape index (κ1) is 6.82. The molecule has 0 amide bonds. The lowest BCUT2D eigenvalue weighted by molar-refractivity contribution is 0.937. The van der Waals surface area contributed by atoms with Gasteiger partial charge in [0, 0.05) is 6.20 Å². The molecule has 0 saturated heterocycles. The van der Waals surface area contributed by atoms with Crippen LogP contribution in [0.15, 0.2) is 24.4 Å². The van der Waals surface area contributed by atoms with E-state index in [-0.39, 0.29) is 5.92 Å². The van der Waals surface area contributed by atoms with Gasteiger partial charge < -0.3 is 0 Å². The molecule has 0 aromatic carbocycles. The van der Waals surface area contributed by atoms with E-state index in [2.05, 4.69) is 10.9 Å². The van der Waals surface area contributed by atoms with Crippen molar-refractivity contribution in [3.8, 4) is 12.3 Å². The lowest BCUT2D eigenvalue weighted by Gasteiger charge is -1.99. The molecule has 1 atom stereocenters. The van der Waals surface area contributed by atoms with Gasteiger partial charge in [-0.05, 0) is 19.1 Å². The molecule has 0 fully saturated rings. The van der Waals surface area contributed by atoms with Gasteiger partial charge >= 0.3 is 0 Å². The third-order valence-corrected chi connectivity index (χ3v) is 1.38. The Morgan fingerprint density at radius 1 is 1.60 bits per heavy atom. The van der Waals surface area contributed by atoms with Crippen molar-refractivity contribution in [2.75, 3.05) is 0 Å². The van der Waals surface area contributed by atoms with Gasteiger partial charge in [0.2, 0.25) is 0 Å². The monoisotopic (exact) mass is 131 g/mol. The summed E-state index contributed by atoms with van der Waals surface area (Å²) in [7, 11) is 0. The van der Waals surface area contributed by atoms with Crippen LogP contribution in [0.3, 0.4) is 0 Å². The first-order chi connectivity index (χ1) is 4.84. The molecular weight excluding hydrogens is 122 g/mol. The van der Waals surface area contributed by atoms with Crippen molar-refractivity contribution in [3.05, 3.63) is 30.1 Å². The molecule has 1 aromatic heterocycles. The van der Waals surface area contributed by atoms with Crippen molar-refractivity contribution in [1.29, 1.82) is 0 Å². The van der Waals surface area contributed by atoms with Crippen LogP contribution in [-0.4, -0.2) is 4.98 Å². The highest BCUT2D eigenvalue weighted by atomic mass is 14.7. The van der Waals surface area contributed by atoms with Crippen LogP contribution in [0.2, 0.25) is 0 Å². The van der Waals surface area contributed by atoms with Gasteiger partial charge in [0.05, 0.1) is 11.6 Å². The molecule has 1 rings (SSSR count). The van der Waals surface area contributed by atoms with E-state index in [1.165, 1.54) is 0 Å². The summed E-state index contributed by atoms with van der Waals surface area (Å²) >= 11 is 0. The summed E-state index contributed by atoms with van der Waals surface area (Å²) in [5.41, 5.74) is 0.963. The van der Waals surface area contributed by atoms with Crippen LogP contribution in [0.1, 0.15) is 18.5 Å². The fourth-order valence-electron chi connectivity index (χ4n) is 0.717. The average Bonchev–Trinajstić information content (AvgIpc) is 2.05. The van der Waals surface area contributed by atoms with Crippen molar-refractivity contribution in [2.45, 2.75) is 12.8 Å². The molecule has 0 spiro atoms. The van der Waals surface area contributed by atoms with Gasteiger partial charge in [0.1, 0.15) is 0 Å². The van der Waals surface area contributed by atoms with Crippen LogP contribution in [0.4, 0.5) is 0 Å². The van der Waals surface area contributed by atoms with Gasteiger partial charge in [-0.3, -0.25) is 4.98 Å². The molecule has 0 unspecified atom stereocenters. The fraction of sp³-hybridized carbons (Fsp3) is 0.222.